The largest absolute Gasteiger partial charge is 0.508 e. The number of hydrogen-bond donors (Lipinski definition) is 3. The van der Waals surface area contributed by atoms with Gasteiger partial charge in [0, 0.05) is 11.6 Å². The highest BCUT2D eigenvalue weighted by atomic mass is 35.5. The van der Waals surface area contributed by atoms with E-state index in [2.05, 4.69) is 5.32 Å². The Hall–Kier alpha value is -1.55. The smallest absolute Gasteiger partial charge is 0.115 e. The first-order valence-electron chi connectivity index (χ1n) is 6.85. The molecule has 0 saturated carbocycles. The highest BCUT2D eigenvalue weighted by Gasteiger charge is 2.18. The molecule has 0 heterocycles. The topological polar surface area (TPSA) is 52.5 Å². The molecule has 0 aromatic heterocycles. The van der Waals surface area contributed by atoms with Gasteiger partial charge in [-0.2, -0.15) is 0 Å². The Bertz CT molecular complexity index is 528. The minimum atomic E-state index is -0.804. The van der Waals surface area contributed by atoms with Gasteiger partial charge in [-0.05, 0) is 49.2 Å². The van der Waals surface area contributed by atoms with Crippen molar-refractivity contribution in [3.8, 4) is 5.75 Å². The summed E-state index contributed by atoms with van der Waals surface area (Å²) in [4.78, 5) is 0. The van der Waals surface area contributed by atoms with E-state index in [4.69, 9.17) is 11.6 Å². The molecule has 1 unspecified atom stereocenters. The summed E-state index contributed by atoms with van der Waals surface area (Å²) in [5.74, 6) is 0.232. The van der Waals surface area contributed by atoms with Crippen molar-refractivity contribution in [3.05, 3.63) is 64.7 Å². The van der Waals surface area contributed by atoms with Crippen LogP contribution in [0.3, 0.4) is 0 Å². The molecule has 0 amide bonds. The number of phenols is 1. The van der Waals surface area contributed by atoms with Crippen LogP contribution in [-0.4, -0.2) is 22.4 Å². The second kappa shape index (κ2) is 6.48. The Balaban J connectivity index is 2.29. The van der Waals surface area contributed by atoms with E-state index in [1.165, 1.54) is 0 Å². The first-order chi connectivity index (χ1) is 9.85. The highest BCUT2D eigenvalue weighted by molar-refractivity contribution is 6.30. The van der Waals surface area contributed by atoms with Crippen LogP contribution in [0.25, 0.3) is 0 Å². The molecule has 3 nitrogen and oxygen atoms in total. The summed E-state index contributed by atoms with van der Waals surface area (Å²) in [5.41, 5.74) is 1.26. The molecule has 4 heteroatoms. The lowest BCUT2D eigenvalue weighted by molar-refractivity contribution is 0.0777. The summed E-state index contributed by atoms with van der Waals surface area (Å²) in [7, 11) is 0. The third kappa shape index (κ3) is 4.74. The number of nitrogens with one attached hydrogen (secondary N) is 1. The average Bonchev–Trinajstić information content (AvgIpc) is 2.41. The molecule has 0 aliphatic heterocycles. The number of rotatable bonds is 5. The van der Waals surface area contributed by atoms with E-state index in [0.717, 1.165) is 11.1 Å². The minimum absolute atomic E-state index is 0.0747. The van der Waals surface area contributed by atoms with Crippen LogP contribution >= 0.6 is 11.6 Å². The van der Waals surface area contributed by atoms with Gasteiger partial charge in [-0.3, -0.25) is 0 Å². The fraction of sp³-hybridized carbons (Fsp3) is 0.294. The number of aliphatic hydroxyl groups is 1. The van der Waals surface area contributed by atoms with Gasteiger partial charge in [0.25, 0.3) is 0 Å². The molecule has 21 heavy (non-hydrogen) atoms. The summed E-state index contributed by atoms with van der Waals surface area (Å²) in [6.45, 7) is 3.96. The standard InChI is InChI=1S/C17H20ClNO2/c1-17(2,21)11-19-16(12-3-7-14(18)8-4-12)13-5-9-15(20)10-6-13/h3-10,16,19-21H,11H2,1-2H3. The van der Waals surface area contributed by atoms with Crippen molar-refractivity contribution in [1.29, 1.82) is 0 Å². The van der Waals surface area contributed by atoms with E-state index in [1.807, 2.05) is 36.4 Å². The SMILES string of the molecule is CC(C)(O)CNC(c1ccc(O)cc1)c1ccc(Cl)cc1. The summed E-state index contributed by atoms with van der Waals surface area (Å²) < 4.78 is 0. The molecule has 0 saturated heterocycles. The zero-order valence-electron chi connectivity index (χ0n) is 12.2. The van der Waals surface area contributed by atoms with E-state index >= 15 is 0 Å². The normalized spacial score (nSPS) is 13.1. The van der Waals surface area contributed by atoms with Gasteiger partial charge in [-0.1, -0.05) is 35.9 Å². The Morgan fingerprint density at radius 2 is 1.48 bits per heavy atom. The van der Waals surface area contributed by atoms with Crippen LogP contribution in [0.5, 0.6) is 5.75 Å². The van der Waals surface area contributed by atoms with E-state index in [9.17, 15) is 10.2 Å². The molecule has 0 aliphatic rings. The van der Waals surface area contributed by atoms with Crippen molar-refractivity contribution >= 4 is 11.6 Å². The second-order valence-corrected chi connectivity index (χ2v) is 6.21. The molecule has 3 N–H and O–H groups in total. The summed E-state index contributed by atoms with van der Waals surface area (Å²) in [5, 5.41) is 23.4. The first kappa shape index (κ1) is 15.8. The molecule has 0 aliphatic carbocycles. The van der Waals surface area contributed by atoms with Gasteiger partial charge < -0.3 is 15.5 Å². The third-order valence-electron chi connectivity index (χ3n) is 3.17. The van der Waals surface area contributed by atoms with Crippen LogP contribution in [0.4, 0.5) is 0 Å². The number of hydrogen-bond acceptors (Lipinski definition) is 3. The maximum absolute atomic E-state index is 9.92. The molecular formula is C17H20ClNO2. The van der Waals surface area contributed by atoms with E-state index in [0.29, 0.717) is 11.6 Å². The zero-order chi connectivity index (χ0) is 15.5. The van der Waals surface area contributed by atoms with Crippen LogP contribution in [0.2, 0.25) is 5.02 Å². The quantitative estimate of drug-likeness (QED) is 0.792. The molecule has 2 aromatic rings. The lowest BCUT2D eigenvalue weighted by Gasteiger charge is -2.25. The fourth-order valence-corrected chi connectivity index (χ4v) is 2.23. The second-order valence-electron chi connectivity index (χ2n) is 5.77. The van der Waals surface area contributed by atoms with Crippen molar-refractivity contribution in [3.63, 3.8) is 0 Å². The molecule has 2 aromatic carbocycles. The number of phenolic OH excluding ortho intramolecular Hbond substituents is 1. The summed E-state index contributed by atoms with van der Waals surface area (Å²) >= 11 is 5.94. The highest BCUT2D eigenvalue weighted by Crippen LogP contribution is 2.25. The Kier molecular flexibility index (Phi) is 4.88. The van der Waals surface area contributed by atoms with Gasteiger partial charge in [-0.15, -0.1) is 0 Å². The zero-order valence-corrected chi connectivity index (χ0v) is 12.9. The van der Waals surface area contributed by atoms with Crippen molar-refractivity contribution in [2.75, 3.05) is 6.54 Å². The predicted molar refractivity (Wildman–Crippen MR) is 85.7 cm³/mol. The van der Waals surface area contributed by atoms with Crippen LogP contribution in [0.15, 0.2) is 48.5 Å². The van der Waals surface area contributed by atoms with E-state index in [1.54, 1.807) is 26.0 Å². The van der Waals surface area contributed by atoms with Gasteiger partial charge in [0.2, 0.25) is 0 Å². The van der Waals surface area contributed by atoms with Gasteiger partial charge in [0.1, 0.15) is 5.75 Å². The lowest BCUT2D eigenvalue weighted by atomic mass is 9.97. The molecule has 1 atom stereocenters. The van der Waals surface area contributed by atoms with Crippen LogP contribution in [0, 0.1) is 0 Å². The van der Waals surface area contributed by atoms with Gasteiger partial charge >= 0.3 is 0 Å². The van der Waals surface area contributed by atoms with Crippen molar-refractivity contribution in [2.45, 2.75) is 25.5 Å². The monoisotopic (exact) mass is 305 g/mol. The molecule has 112 valence electrons. The molecule has 0 bridgehead atoms. The Morgan fingerprint density at radius 3 is 1.95 bits per heavy atom. The summed E-state index contributed by atoms with van der Waals surface area (Å²) in [6, 6.07) is 14.6. The molecule has 0 radical (unpaired) electrons. The van der Waals surface area contributed by atoms with Gasteiger partial charge in [0.05, 0.1) is 11.6 Å². The lowest BCUT2D eigenvalue weighted by Crippen LogP contribution is -2.37. The van der Waals surface area contributed by atoms with Crippen LogP contribution in [0.1, 0.15) is 31.0 Å². The van der Waals surface area contributed by atoms with Crippen LogP contribution in [-0.2, 0) is 0 Å². The number of halogens is 1. The van der Waals surface area contributed by atoms with E-state index < -0.39 is 5.60 Å². The maximum atomic E-state index is 9.92. The first-order valence-corrected chi connectivity index (χ1v) is 7.23. The number of benzene rings is 2. The molecule has 0 fully saturated rings. The van der Waals surface area contributed by atoms with Gasteiger partial charge in [-0.25, -0.2) is 0 Å². The van der Waals surface area contributed by atoms with Gasteiger partial charge in [0.15, 0.2) is 0 Å². The molecular weight excluding hydrogens is 286 g/mol. The molecule has 2 rings (SSSR count). The van der Waals surface area contributed by atoms with Crippen molar-refractivity contribution < 1.29 is 10.2 Å². The fourth-order valence-electron chi connectivity index (χ4n) is 2.10. The third-order valence-corrected chi connectivity index (χ3v) is 3.42. The Morgan fingerprint density at radius 1 is 1.00 bits per heavy atom. The maximum Gasteiger partial charge on any atom is 0.115 e. The predicted octanol–water partition coefficient (Wildman–Crippen LogP) is 3.50. The number of aromatic hydroxyl groups is 1. The summed E-state index contributed by atoms with van der Waals surface area (Å²) in [6.07, 6.45) is 0. The van der Waals surface area contributed by atoms with Crippen LogP contribution < -0.4 is 5.32 Å². The minimum Gasteiger partial charge on any atom is -0.508 e. The van der Waals surface area contributed by atoms with Crippen molar-refractivity contribution in [2.24, 2.45) is 0 Å². The molecule has 0 spiro atoms. The van der Waals surface area contributed by atoms with Crippen molar-refractivity contribution in [1.82, 2.24) is 5.32 Å². The Labute approximate surface area is 130 Å². The van der Waals surface area contributed by atoms with E-state index in [-0.39, 0.29) is 11.8 Å². The average molecular weight is 306 g/mol.